The highest BCUT2D eigenvalue weighted by molar-refractivity contribution is 7.98. The van der Waals surface area contributed by atoms with Crippen molar-refractivity contribution >= 4 is 23.5 Å². The van der Waals surface area contributed by atoms with Crippen molar-refractivity contribution in [2.45, 2.75) is 36.5 Å². The summed E-state index contributed by atoms with van der Waals surface area (Å²) in [5.74, 6) is -0.642. The van der Waals surface area contributed by atoms with E-state index in [0.29, 0.717) is 30.7 Å². The minimum atomic E-state index is -0.644. The Kier molecular flexibility index (Phi) is 5.40. The van der Waals surface area contributed by atoms with E-state index in [2.05, 4.69) is 0 Å². The van der Waals surface area contributed by atoms with E-state index in [1.165, 1.54) is 19.1 Å². The predicted molar refractivity (Wildman–Crippen MR) is 131 cm³/mol. The number of hydrogen-bond donors (Lipinski definition) is 0. The van der Waals surface area contributed by atoms with Crippen LogP contribution in [0.2, 0.25) is 0 Å². The smallest absolute Gasteiger partial charge is 0.305 e. The molecule has 6 rings (SSSR count). The molecule has 1 fully saturated rings. The van der Waals surface area contributed by atoms with Gasteiger partial charge in [-0.3, -0.25) is 24.1 Å². The molecule has 2 aromatic carbocycles. The van der Waals surface area contributed by atoms with Crippen LogP contribution in [0.15, 0.2) is 64.4 Å². The standard InChI is InChI=1S/C27H23FN2O5S/c1-16(31)34-15-35-25-21(32)9-12-29-24(25)26(33)27(10-11-27)14-30(29)23-17-6-4-7-20(28)19(17)13-36-22-8-3-2-5-18(22)23/h2-9,12,23H,10-11,13-15H2,1H3. The van der Waals surface area contributed by atoms with Gasteiger partial charge in [-0.05, 0) is 36.1 Å². The fourth-order valence-electron chi connectivity index (χ4n) is 5.16. The zero-order chi connectivity index (χ0) is 25.0. The van der Waals surface area contributed by atoms with Gasteiger partial charge in [0.25, 0.3) is 0 Å². The zero-order valence-electron chi connectivity index (χ0n) is 19.5. The summed E-state index contributed by atoms with van der Waals surface area (Å²) < 4.78 is 27.2. The first-order valence-electron chi connectivity index (χ1n) is 11.7. The number of carbonyl (C=O) groups is 2. The molecule has 0 bridgehead atoms. The predicted octanol–water partition coefficient (Wildman–Crippen LogP) is 4.20. The van der Waals surface area contributed by atoms with E-state index < -0.39 is 29.6 Å². The maximum Gasteiger partial charge on any atom is 0.305 e. The first-order valence-corrected chi connectivity index (χ1v) is 12.7. The number of thioether (sulfide) groups is 1. The second kappa shape index (κ2) is 8.51. The average molecular weight is 507 g/mol. The number of carbonyl (C=O) groups excluding carboxylic acids is 2. The molecule has 1 saturated carbocycles. The molecule has 1 atom stereocenters. The van der Waals surface area contributed by atoms with Gasteiger partial charge in [0.05, 0.1) is 11.5 Å². The molecule has 1 spiro atoms. The number of benzene rings is 2. The van der Waals surface area contributed by atoms with Crippen LogP contribution in [0.4, 0.5) is 4.39 Å². The van der Waals surface area contributed by atoms with E-state index in [0.717, 1.165) is 16.0 Å². The molecule has 36 heavy (non-hydrogen) atoms. The van der Waals surface area contributed by atoms with E-state index >= 15 is 4.39 Å². The molecule has 184 valence electrons. The van der Waals surface area contributed by atoms with Gasteiger partial charge in [0.15, 0.2) is 17.2 Å². The van der Waals surface area contributed by atoms with Gasteiger partial charge in [0, 0.05) is 41.9 Å². The van der Waals surface area contributed by atoms with Crippen molar-refractivity contribution < 1.29 is 23.5 Å². The number of rotatable bonds is 4. The summed E-state index contributed by atoms with van der Waals surface area (Å²) >= 11 is 1.58. The molecule has 3 aromatic rings. The summed E-state index contributed by atoms with van der Waals surface area (Å²) in [7, 11) is 0. The van der Waals surface area contributed by atoms with Crippen LogP contribution in [-0.2, 0) is 15.3 Å². The Hall–Kier alpha value is -3.59. The molecule has 7 nitrogen and oxygen atoms in total. The van der Waals surface area contributed by atoms with E-state index in [1.54, 1.807) is 28.7 Å². The molecular formula is C27H23FN2O5S. The monoisotopic (exact) mass is 506 g/mol. The first-order chi connectivity index (χ1) is 17.4. The van der Waals surface area contributed by atoms with Crippen molar-refractivity contribution in [2.75, 3.05) is 18.3 Å². The summed E-state index contributed by atoms with van der Waals surface area (Å²) in [5.41, 5.74) is 1.47. The third kappa shape index (κ3) is 3.61. The molecular weight excluding hydrogens is 483 g/mol. The second-order valence-corrected chi connectivity index (χ2v) is 10.4. The van der Waals surface area contributed by atoms with Gasteiger partial charge < -0.3 is 9.47 Å². The Morgan fingerprint density at radius 2 is 1.89 bits per heavy atom. The molecule has 0 amide bonds. The Morgan fingerprint density at radius 1 is 1.11 bits per heavy atom. The van der Waals surface area contributed by atoms with Crippen LogP contribution in [0.3, 0.4) is 0 Å². The van der Waals surface area contributed by atoms with E-state index in [4.69, 9.17) is 9.47 Å². The van der Waals surface area contributed by atoms with Crippen LogP contribution >= 0.6 is 11.8 Å². The third-order valence-electron chi connectivity index (χ3n) is 7.13. The lowest BCUT2D eigenvalue weighted by atomic mass is 9.90. The van der Waals surface area contributed by atoms with E-state index in [9.17, 15) is 14.4 Å². The van der Waals surface area contributed by atoms with Gasteiger partial charge >= 0.3 is 5.97 Å². The number of pyridine rings is 1. The average Bonchev–Trinajstić information content (AvgIpc) is 3.65. The lowest BCUT2D eigenvalue weighted by Gasteiger charge is -2.43. The van der Waals surface area contributed by atoms with Crippen LogP contribution in [-0.4, -0.2) is 29.8 Å². The van der Waals surface area contributed by atoms with Crippen molar-refractivity contribution in [3.63, 3.8) is 0 Å². The number of halogens is 1. The number of ketones is 1. The van der Waals surface area contributed by atoms with Crippen LogP contribution in [0.5, 0.6) is 5.75 Å². The summed E-state index contributed by atoms with van der Waals surface area (Å²) in [4.78, 5) is 38.8. The highest BCUT2D eigenvalue weighted by Crippen LogP contribution is 2.54. The minimum Gasteiger partial charge on any atom is -0.451 e. The third-order valence-corrected chi connectivity index (χ3v) is 8.24. The van der Waals surface area contributed by atoms with Crippen molar-refractivity contribution in [3.05, 3.63) is 93.2 Å². The molecule has 3 heterocycles. The van der Waals surface area contributed by atoms with Crippen LogP contribution < -0.4 is 15.2 Å². The zero-order valence-corrected chi connectivity index (χ0v) is 20.3. The van der Waals surface area contributed by atoms with Gasteiger partial charge in [0.2, 0.25) is 12.2 Å². The maximum absolute atomic E-state index is 15.1. The Bertz CT molecular complexity index is 1460. The van der Waals surface area contributed by atoms with E-state index in [-0.39, 0.29) is 23.0 Å². The van der Waals surface area contributed by atoms with Gasteiger partial charge in [-0.2, -0.15) is 0 Å². The van der Waals surface area contributed by atoms with Crippen molar-refractivity contribution in [3.8, 4) is 5.75 Å². The molecule has 0 radical (unpaired) electrons. The normalized spacial score (nSPS) is 19.1. The van der Waals surface area contributed by atoms with Crippen LogP contribution in [0.25, 0.3) is 0 Å². The summed E-state index contributed by atoms with van der Waals surface area (Å²) in [6, 6.07) is 14.0. The lowest BCUT2D eigenvalue weighted by molar-refractivity contribution is -0.147. The molecule has 0 saturated heterocycles. The highest BCUT2D eigenvalue weighted by Gasteiger charge is 2.57. The molecule has 1 aromatic heterocycles. The largest absolute Gasteiger partial charge is 0.451 e. The number of nitrogens with zero attached hydrogens (tertiary/aromatic N) is 2. The summed E-state index contributed by atoms with van der Waals surface area (Å²) in [6.45, 7) is 1.18. The molecule has 3 aliphatic rings. The quantitative estimate of drug-likeness (QED) is 0.388. The first kappa shape index (κ1) is 22.8. The van der Waals surface area contributed by atoms with Crippen LogP contribution in [0, 0.1) is 11.2 Å². The molecule has 2 aliphatic heterocycles. The molecule has 1 unspecified atom stereocenters. The Morgan fingerprint density at radius 3 is 2.67 bits per heavy atom. The van der Waals surface area contributed by atoms with Crippen molar-refractivity contribution in [1.82, 2.24) is 4.68 Å². The fraction of sp³-hybridized carbons (Fsp3) is 0.296. The van der Waals surface area contributed by atoms with Gasteiger partial charge in [-0.25, -0.2) is 4.39 Å². The van der Waals surface area contributed by atoms with E-state index in [1.807, 2.05) is 35.3 Å². The second-order valence-electron chi connectivity index (χ2n) is 9.34. The van der Waals surface area contributed by atoms with Crippen molar-refractivity contribution in [1.29, 1.82) is 0 Å². The number of fused-ring (bicyclic) bond motifs is 3. The Labute approximate surface area is 210 Å². The molecule has 1 aliphatic carbocycles. The number of hydrogen-bond acceptors (Lipinski definition) is 7. The number of Topliss-reactive ketones (excluding diaryl/α,β-unsaturated/α-hetero) is 1. The number of ether oxygens (including phenoxy) is 2. The van der Waals surface area contributed by atoms with Gasteiger partial charge in [0.1, 0.15) is 5.82 Å². The summed E-state index contributed by atoms with van der Waals surface area (Å²) in [5, 5.41) is 2.05. The van der Waals surface area contributed by atoms with Crippen molar-refractivity contribution in [2.24, 2.45) is 5.41 Å². The SMILES string of the molecule is CC(=O)OCOc1c2n(ccc1=O)N(C1c3ccccc3SCc3c(F)cccc31)CC1(CC1)C2=O. The van der Waals surface area contributed by atoms with Gasteiger partial charge in [-0.1, -0.05) is 30.3 Å². The number of esters is 1. The topological polar surface area (TPSA) is 77.8 Å². The molecule has 0 N–H and O–H groups in total. The van der Waals surface area contributed by atoms with Gasteiger partial charge in [-0.15, -0.1) is 11.8 Å². The summed E-state index contributed by atoms with van der Waals surface area (Å²) in [6.07, 6.45) is 2.95. The minimum absolute atomic E-state index is 0.130. The van der Waals surface area contributed by atoms with Crippen LogP contribution in [0.1, 0.15) is 53.0 Å². The maximum atomic E-state index is 15.1. The number of aromatic nitrogens is 1. The lowest BCUT2D eigenvalue weighted by Crippen LogP contribution is -2.52. The highest BCUT2D eigenvalue weighted by atomic mass is 32.2. The molecule has 9 heteroatoms. The fourth-order valence-corrected chi connectivity index (χ4v) is 6.29. The Balaban J connectivity index is 1.56.